The number of rotatable bonds is 7. The summed E-state index contributed by atoms with van der Waals surface area (Å²) in [6.45, 7) is 10.8. The molecule has 0 saturated heterocycles. The minimum absolute atomic E-state index is 0.177. The number of unbranched alkanes of at least 4 members (excludes halogenated alkanes) is 1. The number of ether oxygens (including phenoxy) is 1. The molecular formula is C17H31NO2. The van der Waals surface area contributed by atoms with E-state index in [4.69, 9.17) is 4.74 Å². The zero-order chi connectivity index (χ0) is 15.1. The monoisotopic (exact) mass is 281 g/mol. The molecule has 0 aromatic carbocycles. The molecule has 0 aromatic rings. The molecule has 116 valence electrons. The standard InChI is InChI=1S/C17H31NO2/c1-6-7-9-15-10-8-11-16(15)12-20-17(19)18(13(2)3)14(4)5/h13-14H,6-12H2,1-5H3. The van der Waals surface area contributed by atoms with E-state index >= 15 is 0 Å². The quantitative estimate of drug-likeness (QED) is 0.620. The topological polar surface area (TPSA) is 29.5 Å². The van der Waals surface area contributed by atoms with Crippen molar-refractivity contribution in [1.82, 2.24) is 4.90 Å². The molecule has 0 fully saturated rings. The second kappa shape index (κ2) is 8.33. The average Bonchev–Trinajstić information content (AvgIpc) is 2.80. The highest BCUT2D eigenvalue weighted by atomic mass is 16.6. The molecule has 0 aromatic heterocycles. The summed E-state index contributed by atoms with van der Waals surface area (Å²) in [5, 5.41) is 0. The van der Waals surface area contributed by atoms with Crippen molar-refractivity contribution in [2.75, 3.05) is 6.61 Å². The largest absolute Gasteiger partial charge is 0.445 e. The molecule has 20 heavy (non-hydrogen) atoms. The molecule has 1 rings (SSSR count). The van der Waals surface area contributed by atoms with Gasteiger partial charge in [0.1, 0.15) is 6.61 Å². The number of hydrogen-bond acceptors (Lipinski definition) is 2. The third kappa shape index (κ3) is 4.84. The highest BCUT2D eigenvalue weighted by Crippen LogP contribution is 2.30. The fourth-order valence-electron chi connectivity index (χ4n) is 2.98. The van der Waals surface area contributed by atoms with Crippen molar-refractivity contribution >= 4 is 6.09 Å². The van der Waals surface area contributed by atoms with Crippen molar-refractivity contribution in [1.29, 1.82) is 0 Å². The van der Waals surface area contributed by atoms with E-state index in [9.17, 15) is 4.79 Å². The van der Waals surface area contributed by atoms with E-state index in [0.29, 0.717) is 6.61 Å². The Bertz CT molecular complexity index is 337. The first-order chi connectivity index (χ1) is 9.47. The van der Waals surface area contributed by atoms with Crippen molar-refractivity contribution in [3.05, 3.63) is 11.1 Å². The molecular weight excluding hydrogens is 250 g/mol. The van der Waals surface area contributed by atoms with Gasteiger partial charge in [-0.15, -0.1) is 0 Å². The van der Waals surface area contributed by atoms with Crippen LogP contribution < -0.4 is 0 Å². The maximum absolute atomic E-state index is 12.2. The summed E-state index contributed by atoms with van der Waals surface area (Å²) in [5.74, 6) is 0. The highest BCUT2D eigenvalue weighted by Gasteiger charge is 2.23. The van der Waals surface area contributed by atoms with Crippen molar-refractivity contribution in [2.45, 2.75) is 85.2 Å². The third-order valence-electron chi connectivity index (χ3n) is 3.98. The van der Waals surface area contributed by atoms with Crippen LogP contribution in [0.3, 0.4) is 0 Å². The van der Waals surface area contributed by atoms with Crippen LogP contribution in [0.4, 0.5) is 4.79 Å². The Morgan fingerprint density at radius 1 is 1.15 bits per heavy atom. The van der Waals surface area contributed by atoms with E-state index in [1.165, 1.54) is 37.7 Å². The lowest BCUT2D eigenvalue weighted by Crippen LogP contribution is -2.42. The maximum atomic E-state index is 12.2. The molecule has 0 saturated carbocycles. The summed E-state index contributed by atoms with van der Waals surface area (Å²) < 4.78 is 5.55. The van der Waals surface area contributed by atoms with Crippen LogP contribution in [0.1, 0.15) is 73.1 Å². The van der Waals surface area contributed by atoms with Crippen molar-refractivity contribution < 1.29 is 9.53 Å². The Morgan fingerprint density at radius 3 is 2.30 bits per heavy atom. The number of amides is 1. The summed E-state index contributed by atoms with van der Waals surface area (Å²) in [6, 6.07) is 0.360. The van der Waals surface area contributed by atoms with E-state index < -0.39 is 0 Å². The second-order valence-corrected chi connectivity index (χ2v) is 6.31. The average molecular weight is 281 g/mol. The molecule has 0 aliphatic heterocycles. The Morgan fingerprint density at radius 2 is 1.75 bits per heavy atom. The lowest BCUT2D eigenvalue weighted by atomic mass is 10.1. The molecule has 3 heteroatoms. The number of carbonyl (C=O) groups is 1. The van der Waals surface area contributed by atoms with E-state index in [-0.39, 0.29) is 18.2 Å². The van der Waals surface area contributed by atoms with Gasteiger partial charge in [-0.3, -0.25) is 0 Å². The summed E-state index contributed by atoms with van der Waals surface area (Å²) in [5.41, 5.74) is 2.92. The van der Waals surface area contributed by atoms with Crippen LogP contribution >= 0.6 is 0 Å². The van der Waals surface area contributed by atoms with E-state index in [1.54, 1.807) is 10.5 Å². The number of allylic oxidation sites excluding steroid dienone is 1. The predicted molar refractivity (Wildman–Crippen MR) is 83.9 cm³/mol. The first-order valence-electron chi connectivity index (χ1n) is 8.12. The first-order valence-corrected chi connectivity index (χ1v) is 8.12. The van der Waals surface area contributed by atoms with Crippen molar-refractivity contribution in [3.63, 3.8) is 0 Å². The van der Waals surface area contributed by atoms with Gasteiger partial charge in [0.2, 0.25) is 0 Å². The fourth-order valence-corrected chi connectivity index (χ4v) is 2.98. The Hall–Kier alpha value is -0.990. The SMILES string of the molecule is CCCCC1=C(COC(=O)N(C(C)C)C(C)C)CCC1. The van der Waals surface area contributed by atoms with E-state index in [2.05, 4.69) is 6.92 Å². The van der Waals surface area contributed by atoms with Crippen molar-refractivity contribution in [3.8, 4) is 0 Å². The van der Waals surface area contributed by atoms with Gasteiger partial charge in [0.05, 0.1) is 0 Å². The molecule has 3 nitrogen and oxygen atoms in total. The molecule has 0 heterocycles. The van der Waals surface area contributed by atoms with Crippen LogP contribution in [0, 0.1) is 0 Å². The molecule has 1 aliphatic carbocycles. The Kier molecular flexibility index (Phi) is 7.11. The van der Waals surface area contributed by atoms with Crippen LogP contribution in [-0.4, -0.2) is 29.7 Å². The summed E-state index contributed by atoms with van der Waals surface area (Å²) in [6.07, 6.45) is 7.01. The lowest BCUT2D eigenvalue weighted by Gasteiger charge is -2.29. The van der Waals surface area contributed by atoms with Gasteiger partial charge in [-0.1, -0.05) is 18.9 Å². The summed E-state index contributed by atoms with van der Waals surface area (Å²) >= 11 is 0. The molecule has 1 aliphatic rings. The number of nitrogens with zero attached hydrogens (tertiary/aromatic N) is 1. The van der Waals surface area contributed by atoms with Crippen molar-refractivity contribution in [2.24, 2.45) is 0 Å². The maximum Gasteiger partial charge on any atom is 0.410 e. The fraction of sp³-hybridized carbons (Fsp3) is 0.824. The smallest absolute Gasteiger partial charge is 0.410 e. The van der Waals surface area contributed by atoms with Gasteiger partial charge >= 0.3 is 6.09 Å². The minimum Gasteiger partial charge on any atom is -0.445 e. The second-order valence-electron chi connectivity index (χ2n) is 6.31. The van der Waals surface area contributed by atoms with Crippen LogP contribution in [0.2, 0.25) is 0 Å². The van der Waals surface area contributed by atoms with Crippen LogP contribution in [0.15, 0.2) is 11.1 Å². The summed E-state index contributed by atoms with van der Waals surface area (Å²) in [4.78, 5) is 14.0. The molecule has 0 atom stereocenters. The van der Waals surface area contributed by atoms with Gasteiger partial charge in [-0.05, 0) is 65.4 Å². The van der Waals surface area contributed by atoms with Crippen LogP contribution in [0.25, 0.3) is 0 Å². The molecule has 0 bridgehead atoms. The normalized spacial score (nSPS) is 15.3. The Labute approximate surface area is 124 Å². The predicted octanol–water partition coefficient (Wildman–Crippen LogP) is 4.91. The number of hydrogen-bond donors (Lipinski definition) is 0. The summed E-state index contributed by atoms with van der Waals surface area (Å²) in [7, 11) is 0. The van der Waals surface area contributed by atoms with Gasteiger partial charge in [0, 0.05) is 12.1 Å². The minimum atomic E-state index is -0.177. The van der Waals surface area contributed by atoms with Gasteiger partial charge in [0.15, 0.2) is 0 Å². The molecule has 0 radical (unpaired) electrons. The highest BCUT2D eigenvalue weighted by molar-refractivity contribution is 5.68. The number of carbonyl (C=O) groups excluding carboxylic acids is 1. The van der Waals surface area contributed by atoms with Crippen LogP contribution in [-0.2, 0) is 4.74 Å². The van der Waals surface area contributed by atoms with Gasteiger partial charge in [-0.25, -0.2) is 4.79 Å². The molecule has 0 N–H and O–H groups in total. The van der Waals surface area contributed by atoms with Gasteiger partial charge in [0.25, 0.3) is 0 Å². The van der Waals surface area contributed by atoms with E-state index in [1.807, 2.05) is 27.7 Å². The molecule has 1 amide bonds. The zero-order valence-corrected chi connectivity index (χ0v) is 13.9. The third-order valence-corrected chi connectivity index (χ3v) is 3.98. The van der Waals surface area contributed by atoms with Gasteiger partial charge < -0.3 is 9.64 Å². The van der Waals surface area contributed by atoms with Crippen LogP contribution in [0.5, 0.6) is 0 Å². The first kappa shape index (κ1) is 17.1. The Balaban J connectivity index is 2.54. The lowest BCUT2D eigenvalue weighted by molar-refractivity contribution is 0.0853. The zero-order valence-electron chi connectivity index (χ0n) is 13.9. The van der Waals surface area contributed by atoms with Gasteiger partial charge in [-0.2, -0.15) is 0 Å². The van der Waals surface area contributed by atoms with E-state index in [0.717, 1.165) is 6.42 Å². The molecule has 0 spiro atoms. The molecule has 0 unspecified atom stereocenters.